The van der Waals surface area contributed by atoms with Crippen molar-refractivity contribution in [3.8, 4) is 11.3 Å². The monoisotopic (exact) mass is 487 g/mol. The van der Waals surface area contributed by atoms with Gasteiger partial charge in [0.2, 0.25) is 6.41 Å². The minimum atomic E-state index is -3.86. The molecular weight excluding hydrogens is 461 g/mol. The van der Waals surface area contributed by atoms with E-state index >= 15 is 0 Å². The van der Waals surface area contributed by atoms with Crippen LogP contribution in [-0.4, -0.2) is 42.4 Å². The number of carbonyl (C=O) groups excluding carboxylic acids is 2. The van der Waals surface area contributed by atoms with Gasteiger partial charge in [0.15, 0.2) is 15.6 Å². The van der Waals surface area contributed by atoms with E-state index in [9.17, 15) is 22.4 Å². The molecule has 10 heteroatoms. The van der Waals surface area contributed by atoms with Gasteiger partial charge in [-0.2, -0.15) is 5.10 Å². The zero-order chi connectivity index (χ0) is 25.0. The number of esters is 1. The number of aromatic nitrogens is 2. The lowest BCUT2D eigenvalue weighted by molar-refractivity contribution is -0.144. The lowest BCUT2D eigenvalue weighted by Crippen LogP contribution is -2.27. The standard InChI is InChI=1S/C24H26FN3O5S/c1-16(2)33-24(30)14-34(31,32)21-11-7-18(8-12-21)17(3)28(15-29)23-13-22(26-27(23)4)19-5-9-20(25)10-6-19/h5-13,15-17H,14H2,1-4H3/t17-/m1/s1. The van der Waals surface area contributed by atoms with E-state index in [-0.39, 0.29) is 10.7 Å². The number of ether oxygens (including phenoxy) is 1. The van der Waals surface area contributed by atoms with Gasteiger partial charge in [0.1, 0.15) is 11.6 Å². The van der Waals surface area contributed by atoms with Crippen LogP contribution >= 0.6 is 0 Å². The molecule has 0 aliphatic heterocycles. The largest absolute Gasteiger partial charge is 0.462 e. The third kappa shape index (κ3) is 5.69. The third-order valence-electron chi connectivity index (χ3n) is 5.19. The first-order valence-corrected chi connectivity index (χ1v) is 12.2. The van der Waals surface area contributed by atoms with E-state index in [0.29, 0.717) is 29.0 Å². The summed E-state index contributed by atoms with van der Waals surface area (Å²) in [6, 6.07) is 13.1. The highest BCUT2D eigenvalue weighted by atomic mass is 32.2. The van der Waals surface area contributed by atoms with Crippen molar-refractivity contribution in [1.29, 1.82) is 0 Å². The van der Waals surface area contributed by atoms with Crippen LogP contribution in [0.15, 0.2) is 59.5 Å². The molecule has 3 rings (SSSR count). The summed E-state index contributed by atoms with van der Waals surface area (Å²) in [7, 11) is -2.17. The van der Waals surface area contributed by atoms with E-state index in [2.05, 4.69) is 5.10 Å². The molecule has 3 aromatic rings. The van der Waals surface area contributed by atoms with Crippen LogP contribution in [0, 0.1) is 5.82 Å². The normalized spacial score (nSPS) is 12.4. The number of hydrogen-bond donors (Lipinski definition) is 0. The van der Waals surface area contributed by atoms with E-state index in [0.717, 1.165) is 0 Å². The number of hydrogen-bond acceptors (Lipinski definition) is 6. The molecule has 1 aromatic heterocycles. The molecule has 0 saturated carbocycles. The van der Waals surface area contributed by atoms with Crippen molar-refractivity contribution < 1.29 is 27.1 Å². The zero-order valence-corrected chi connectivity index (χ0v) is 20.1. The summed E-state index contributed by atoms with van der Waals surface area (Å²) in [5.74, 6) is -1.41. The maximum atomic E-state index is 13.2. The number of benzene rings is 2. The number of anilines is 1. The van der Waals surface area contributed by atoms with Crippen molar-refractivity contribution in [2.45, 2.75) is 37.8 Å². The number of amides is 1. The van der Waals surface area contributed by atoms with E-state index in [1.807, 2.05) is 0 Å². The van der Waals surface area contributed by atoms with Gasteiger partial charge < -0.3 is 4.74 Å². The fourth-order valence-corrected chi connectivity index (χ4v) is 4.55. The van der Waals surface area contributed by atoms with E-state index in [4.69, 9.17) is 4.74 Å². The highest BCUT2D eigenvalue weighted by Gasteiger charge is 2.24. The fraction of sp³-hybridized carbons (Fsp3) is 0.292. The first-order chi connectivity index (χ1) is 16.0. The topological polar surface area (TPSA) is 98.6 Å². The summed E-state index contributed by atoms with van der Waals surface area (Å²) < 4.78 is 44.7. The Labute approximate surface area is 197 Å². The maximum absolute atomic E-state index is 13.2. The second-order valence-electron chi connectivity index (χ2n) is 8.07. The molecule has 0 radical (unpaired) electrons. The van der Waals surface area contributed by atoms with E-state index in [1.54, 1.807) is 62.8 Å². The van der Waals surface area contributed by atoms with Crippen molar-refractivity contribution >= 4 is 28.0 Å². The number of carbonyl (C=O) groups is 2. The summed E-state index contributed by atoms with van der Waals surface area (Å²) in [6.45, 7) is 5.08. The Hall–Kier alpha value is -3.53. The summed E-state index contributed by atoms with van der Waals surface area (Å²) in [5.41, 5.74) is 1.96. The van der Waals surface area contributed by atoms with Crippen molar-refractivity contribution in [2.75, 3.05) is 10.7 Å². The van der Waals surface area contributed by atoms with Gasteiger partial charge in [0, 0.05) is 18.7 Å². The van der Waals surface area contributed by atoms with Crippen molar-refractivity contribution in [3.63, 3.8) is 0 Å². The Balaban J connectivity index is 1.82. The number of nitrogens with zero attached hydrogens (tertiary/aromatic N) is 3. The summed E-state index contributed by atoms with van der Waals surface area (Å²) in [4.78, 5) is 25.2. The molecule has 0 saturated heterocycles. The van der Waals surface area contributed by atoms with Crippen molar-refractivity contribution in [3.05, 3.63) is 66.0 Å². The molecule has 0 N–H and O–H groups in total. The third-order valence-corrected chi connectivity index (χ3v) is 6.79. The number of halogens is 1. The minimum Gasteiger partial charge on any atom is -0.462 e. The first-order valence-electron chi connectivity index (χ1n) is 10.6. The molecule has 0 fully saturated rings. The highest BCUT2D eigenvalue weighted by molar-refractivity contribution is 7.92. The summed E-state index contributed by atoms with van der Waals surface area (Å²) >= 11 is 0. The van der Waals surface area contributed by atoms with Crippen LogP contribution in [0.4, 0.5) is 10.2 Å². The second-order valence-corrected chi connectivity index (χ2v) is 10.1. The van der Waals surface area contributed by atoms with E-state index < -0.39 is 33.7 Å². The SMILES string of the molecule is CC(C)OC(=O)CS(=O)(=O)c1ccc([C@@H](C)N(C=O)c2cc(-c3ccc(F)cc3)nn2C)cc1. The van der Waals surface area contributed by atoms with Gasteiger partial charge in [-0.1, -0.05) is 12.1 Å². The first kappa shape index (κ1) is 25.1. The van der Waals surface area contributed by atoms with Gasteiger partial charge in [-0.15, -0.1) is 0 Å². The molecule has 34 heavy (non-hydrogen) atoms. The lowest BCUT2D eigenvalue weighted by Gasteiger charge is -2.25. The Morgan fingerprint density at radius 1 is 1.12 bits per heavy atom. The van der Waals surface area contributed by atoms with E-state index in [1.165, 1.54) is 29.2 Å². The highest BCUT2D eigenvalue weighted by Crippen LogP contribution is 2.30. The van der Waals surface area contributed by atoms with Crippen LogP contribution < -0.4 is 4.90 Å². The number of aryl methyl sites for hydroxylation is 1. The smallest absolute Gasteiger partial charge is 0.321 e. The quantitative estimate of drug-likeness (QED) is 0.337. The van der Waals surface area contributed by atoms with Gasteiger partial charge in [0.05, 0.1) is 22.7 Å². The molecule has 2 aromatic carbocycles. The molecule has 0 aliphatic carbocycles. The number of rotatable bonds is 9. The van der Waals surface area contributed by atoms with Gasteiger partial charge in [-0.3, -0.25) is 19.2 Å². The van der Waals surface area contributed by atoms with Crippen LogP contribution in [0.5, 0.6) is 0 Å². The maximum Gasteiger partial charge on any atom is 0.321 e. The molecule has 180 valence electrons. The summed E-state index contributed by atoms with van der Waals surface area (Å²) in [6.07, 6.45) is 0.263. The second kappa shape index (κ2) is 10.2. The molecule has 0 bridgehead atoms. The van der Waals surface area contributed by atoms with Gasteiger partial charge in [-0.05, 0) is 62.7 Å². The average molecular weight is 488 g/mol. The predicted octanol–water partition coefficient (Wildman–Crippen LogP) is 3.68. The van der Waals surface area contributed by atoms with Crippen LogP contribution in [0.2, 0.25) is 0 Å². The Morgan fingerprint density at radius 3 is 2.29 bits per heavy atom. The average Bonchev–Trinajstić information content (AvgIpc) is 3.15. The van der Waals surface area contributed by atoms with Crippen molar-refractivity contribution in [2.24, 2.45) is 7.05 Å². The van der Waals surface area contributed by atoms with Gasteiger partial charge >= 0.3 is 5.97 Å². The molecule has 0 spiro atoms. The van der Waals surface area contributed by atoms with Crippen LogP contribution in [0.3, 0.4) is 0 Å². The molecule has 1 amide bonds. The van der Waals surface area contributed by atoms with Gasteiger partial charge in [0.25, 0.3) is 0 Å². The molecular formula is C24H26FN3O5S. The Bertz CT molecular complexity index is 1270. The molecule has 8 nitrogen and oxygen atoms in total. The van der Waals surface area contributed by atoms with Crippen LogP contribution in [0.1, 0.15) is 32.4 Å². The lowest BCUT2D eigenvalue weighted by atomic mass is 10.1. The Morgan fingerprint density at radius 2 is 1.74 bits per heavy atom. The number of sulfone groups is 1. The fourth-order valence-electron chi connectivity index (χ4n) is 3.45. The molecule has 1 heterocycles. The van der Waals surface area contributed by atoms with Crippen molar-refractivity contribution in [1.82, 2.24) is 9.78 Å². The van der Waals surface area contributed by atoms with Crippen LogP contribution in [0.25, 0.3) is 11.3 Å². The summed E-state index contributed by atoms with van der Waals surface area (Å²) in [5, 5.41) is 4.42. The van der Waals surface area contributed by atoms with Gasteiger partial charge in [-0.25, -0.2) is 12.8 Å². The Kier molecular flexibility index (Phi) is 7.51. The predicted molar refractivity (Wildman–Crippen MR) is 125 cm³/mol. The molecule has 1 atom stereocenters. The molecule has 0 aliphatic rings. The molecule has 0 unspecified atom stereocenters. The van der Waals surface area contributed by atoms with Crippen LogP contribution in [-0.2, 0) is 31.2 Å². The minimum absolute atomic E-state index is 0.0130. The zero-order valence-electron chi connectivity index (χ0n) is 19.3.